The minimum Gasteiger partial charge on any atom is -0.372 e. The van der Waals surface area contributed by atoms with Crippen molar-refractivity contribution >= 4 is 0 Å². The lowest BCUT2D eigenvalue weighted by Crippen LogP contribution is -2.40. The maximum absolute atomic E-state index is 6.26. The van der Waals surface area contributed by atoms with Gasteiger partial charge in [0.25, 0.3) is 0 Å². The van der Waals surface area contributed by atoms with Gasteiger partial charge in [-0.1, -0.05) is 33.6 Å². The van der Waals surface area contributed by atoms with Crippen LogP contribution in [0.3, 0.4) is 0 Å². The Bertz CT molecular complexity index is 276. The van der Waals surface area contributed by atoms with Gasteiger partial charge in [-0.3, -0.25) is 4.90 Å². The lowest BCUT2D eigenvalue weighted by atomic mass is 10.1. The molecule has 21 heavy (non-hydrogen) atoms. The van der Waals surface area contributed by atoms with Crippen LogP contribution in [0, 0.1) is 5.92 Å². The lowest BCUT2D eigenvalue weighted by Gasteiger charge is -2.31. The highest BCUT2D eigenvalue weighted by molar-refractivity contribution is 4.83. The summed E-state index contributed by atoms with van der Waals surface area (Å²) in [7, 11) is 0. The summed E-state index contributed by atoms with van der Waals surface area (Å²) in [6, 6.07) is 0.833. The zero-order valence-corrected chi connectivity index (χ0v) is 14.4. The van der Waals surface area contributed by atoms with Crippen molar-refractivity contribution < 1.29 is 4.74 Å². The van der Waals surface area contributed by atoms with Crippen LogP contribution in [0.2, 0.25) is 0 Å². The minimum atomic E-state index is 0.450. The van der Waals surface area contributed by atoms with Crippen molar-refractivity contribution in [2.45, 2.75) is 84.0 Å². The van der Waals surface area contributed by atoms with E-state index in [2.05, 4.69) is 31.0 Å². The Labute approximate surface area is 131 Å². The van der Waals surface area contributed by atoms with Crippen molar-refractivity contribution in [3.05, 3.63) is 0 Å². The van der Waals surface area contributed by atoms with Gasteiger partial charge in [0, 0.05) is 19.1 Å². The van der Waals surface area contributed by atoms with Gasteiger partial charge in [-0.05, 0) is 51.1 Å². The third-order valence-corrected chi connectivity index (χ3v) is 5.09. The van der Waals surface area contributed by atoms with Crippen LogP contribution in [0.15, 0.2) is 0 Å². The lowest BCUT2D eigenvalue weighted by molar-refractivity contribution is 0.0138. The average molecular weight is 296 g/mol. The maximum atomic E-state index is 6.26. The largest absolute Gasteiger partial charge is 0.372 e. The molecule has 2 aliphatic rings. The molecule has 1 N–H and O–H groups in total. The van der Waals surface area contributed by atoms with E-state index in [1.807, 2.05) is 0 Å². The highest BCUT2D eigenvalue weighted by atomic mass is 16.5. The first kappa shape index (κ1) is 17.2. The number of nitrogens with one attached hydrogen (secondary N) is 1. The van der Waals surface area contributed by atoms with Crippen LogP contribution in [0.25, 0.3) is 0 Å². The summed E-state index contributed by atoms with van der Waals surface area (Å²) in [6.45, 7) is 11.4. The molecule has 0 spiro atoms. The molecule has 1 heterocycles. The quantitative estimate of drug-likeness (QED) is 0.705. The van der Waals surface area contributed by atoms with Crippen molar-refractivity contribution in [2.75, 3.05) is 26.2 Å². The Hall–Kier alpha value is -0.120. The first-order chi connectivity index (χ1) is 10.2. The van der Waals surface area contributed by atoms with Gasteiger partial charge < -0.3 is 10.1 Å². The third-order valence-electron chi connectivity index (χ3n) is 5.09. The Balaban J connectivity index is 1.78. The number of ether oxygens (including phenoxy) is 1. The zero-order valence-electron chi connectivity index (χ0n) is 14.4. The Kier molecular flexibility index (Phi) is 7.48. The Morgan fingerprint density at radius 3 is 2.48 bits per heavy atom. The molecule has 0 amide bonds. The monoisotopic (exact) mass is 296 g/mol. The molecule has 2 unspecified atom stereocenters. The molecule has 0 aromatic heterocycles. The van der Waals surface area contributed by atoms with Crippen molar-refractivity contribution in [1.29, 1.82) is 0 Å². The first-order valence-corrected chi connectivity index (χ1v) is 9.29. The second-order valence-corrected chi connectivity index (χ2v) is 7.38. The molecule has 0 aromatic carbocycles. The van der Waals surface area contributed by atoms with Crippen LogP contribution < -0.4 is 5.32 Å². The second kappa shape index (κ2) is 9.12. The Morgan fingerprint density at radius 1 is 1.10 bits per heavy atom. The molecule has 3 nitrogen and oxygen atoms in total. The second-order valence-electron chi connectivity index (χ2n) is 7.38. The summed E-state index contributed by atoms with van der Waals surface area (Å²) in [5, 5.41) is 3.42. The summed E-state index contributed by atoms with van der Waals surface area (Å²) >= 11 is 0. The molecular weight excluding hydrogens is 260 g/mol. The van der Waals surface area contributed by atoms with E-state index < -0.39 is 0 Å². The van der Waals surface area contributed by atoms with Gasteiger partial charge in [-0.15, -0.1) is 0 Å². The predicted octanol–water partition coefficient (Wildman–Crippen LogP) is 3.43. The summed E-state index contributed by atoms with van der Waals surface area (Å²) in [5.41, 5.74) is 0. The van der Waals surface area contributed by atoms with Crippen LogP contribution >= 0.6 is 0 Å². The van der Waals surface area contributed by atoms with E-state index in [1.54, 1.807) is 0 Å². The summed E-state index contributed by atoms with van der Waals surface area (Å²) in [5.74, 6) is 0.805. The SMILES string of the molecule is CCNCC1CCC(CN(CCC(C)C)C2CCCC2)O1. The van der Waals surface area contributed by atoms with Crippen molar-refractivity contribution in [2.24, 2.45) is 5.92 Å². The minimum absolute atomic E-state index is 0.450. The molecule has 3 heteroatoms. The van der Waals surface area contributed by atoms with Gasteiger partial charge in [0.15, 0.2) is 0 Å². The molecule has 1 aliphatic carbocycles. The van der Waals surface area contributed by atoms with E-state index in [1.165, 1.54) is 58.0 Å². The molecule has 2 rings (SSSR count). The number of hydrogen-bond donors (Lipinski definition) is 1. The number of hydrogen-bond acceptors (Lipinski definition) is 3. The van der Waals surface area contributed by atoms with Crippen molar-refractivity contribution in [3.8, 4) is 0 Å². The summed E-state index contributed by atoms with van der Waals surface area (Å²) in [6.07, 6.45) is 10.4. The average Bonchev–Trinajstić information content (AvgIpc) is 3.12. The molecule has 2 atom stereocenters. The predicted molar refractivity (Wildman–Crippen MR) is 89.7 cm³/mol. The van der Waals surface area contributed by atoms with Gasteiger partial charge in [-0.25, -0.2) is 0 Å². The van der Waals surface area contributed by atoms with Crippen molar-refractivity contribution in [1.82, 2.24) is 10.2 Å². The van der Waals surface area contributed by atoms with Gasteiger partial charge in [0.2, 0.25) is 0 Å². The van der Waals surface area contributed by atoms with Gasteiger partial charge in [0.1, 0.15) is 0 Å². The molecule has 0 radical (unpaired) electrons. The first-order valence-electron chi connectivity index (χ1n) is 9.29. The normalized spacial score (nSPS) is 27.3. The van der Waals surface area contributed by atoms with E-state index in [-0.39, 0.29) is 0 Å². The maximum Gasteiger partial charge on any atom is 0.0707 e. The van der Waals surface area contributed by atoms with Gasteiger partial charge >= 0.3 is 0 Å². The fourth-order valence-electron chi connectivity index (χ4n) is 3.75. The fourth-order valence-corrected chi connectivity index (χ4v) is 3.75. The third kappa shape index (κ3) is 5.88. The number of rotatable bonds is 9. The standard InChI is InChI=1S/C18H36N2O/c1-4-19-13-17-9-10-18(21-17)14-20(12-11-15(2)3)16-7-5-6-8-16/h15-19H,4-14H2,1-3H3. The van der Waals surface area contributed by atoms with E-state index >= 15 is 0 Å². The van der Waals surface area contributed by atoms with Crippen LogP contribution in [0.5, 0.6) is 0 Å². The highest BCUT2D eigenvalue weighted by Gasteiger charge is 2.30. The van der Waals surface area contributed by atoms with Crippen LogP contribution in [0.1, 0.15) is 65.7 Å². The number of nitrogens with zero attached hydrogens (tertiary/aromatic N) is 1. The molecule has 0 aromatic rings. The van der Waals surface area contributed by atoms with Crippen LogP contribution in [-0.2, 0) is 4.74 Å². The molecule has 0 bridgehead atoms. The Morgan fingerprint density at radius 2 is 1.81 bits per heavy atom. The van der Waals surface area contributed by atoms with Crippen molar-refractivity contribution in [3.63, 3.8) is 0 Å². The summed E-state index contributed by atoms with van der Waals surface area (Å²) < 4.78 is 6.26. The molecule has 1 saturated heterocycles. The van der Waals surface area contributed by atoms with E-state index in [9.17, 15) is 0 Å². The smallest absolute Gasteiger partial charge is 0.0707 e. The summed E-state index contributed by atoms with van der Waals surface area (Å²) in [4.78, 5) is 2.76. The topological polar surface area (TPSA) is 24.5 Å². The molecule has 1 saturated carbocycles. The molecule has 2 fully saturated rings. The molecule has 1 aliphatic heterocycles. The zero-order chi connectivity index (χ0) is 15.1. The highest BCUT2D eigenvalue weighted by Crippen LogP contribution is 2.27. The van der Waals surface area contributed by atoms with Gasteiger partial charge in [-0.2, -0.15) is 0 Å². The van der Waals surface area contributed by atoms with Gasteiger partial charge in [0.05, 0.1) is 12.2 Å². The number of likely N-dealkylation sites (N-methyl/N-ethyl adjacent to an activating group) is 1. The fraction of sp³-hybridized carbons (Fsp3) is 1.00. The van der Waals surface area contributed by atoms with Crippen LogP contribution in [0.4, 0.5) is 0 Å². The van der Waals surface area contributed by atoms with E-state index in [0.29, 0.717) is 12.2 Å². The van der Waals surface area contributed by atoms with E-state index in [0.717, 1.165) is 25.0 Å². The van der Waals surface area contributed by atoms with E-state index in [4.69, 9.17) is 4.74 Å². The molecule has 124 valence electrons. The van der Waals surface area contributed by atoms with Crippen LogP contribution in [-0.4, -0.2) is 49.3 Å². The molecular formula is C18H36N2O.